The molecular formula is C11H13ClFNO2. The summed E-state index contributed by atoms with van der Waals surface area (Å²) in [4.78, 5) is 10.8. The fourth-order valence-electron chi connectivity index (χ4n) is 1.21. The third-order valence-electron chi connectivity index (χ3n) is 2.10. The van der Waals surface area contributed by atoms with E-state index in [1.54, 1.807) is 12.1 Å². The van der Waals surface area contributed by atoms with Crippen LogP contribution < -0.4 is 5.32 Å². The van der Waals surface area contributed by atoms with E-state index in [9.17, 15) is 9.18 Å². The van der Waals surface area contributed by atoms with Crippen LogP contribution in [0.25, 0.3) is 0 Å². The molecule has 0 fully saturated rings. The number of hydrogen-bond acceptors (Lipinski definition) is 3. The molecule has 0 bridgehead atoms. The van der Waals surface area contributed by atoms with E-state index in [-0.39, 0.29) is 18.2 Å². The first kappa shape index (κ1) is 12.9. The van der Waals surface area contributed by atoms with Crippen LogP contribution in [0, 0.1) is 5.82 Å². The van der Waals surface area contributed by atoms with Crippen molar-refractivity contribution in [3.8, 4) is 0 Å². The van der Waals surface area contributed by atoms with Crippen LogP contribution >= 0.6 is 11.6 Å². The average molecular weight is 246 g/mol. The third-order valence-corrected chi connectivity index (χ3v) is 2.45. The highest BCUT2D eigenvalue weighted by Crippen LogP contribution is 2.18. The molecule has 0 heterocycles. The van der Waals surface area contributed by atoms with E-state index in [1.807, 2.05) is 0 Å². The van der Waals surface area contributed by atoms with Gasteiger partial charge in [0.05, 0.1) is 13.5 Å². The molecule has 0 unspecified atom stereocenters. The highest BCUT2D eigenvalue weighted by molar-refractivity contribution is 6.31. The average Bonchev–Trinajstić information content (AvgIpc) is 2.27. The zero-order chi connectivity index (χ0) is 12.0. The third kappa shape index (κ3) is 3.79. The first-order chi connectivity index (χ1) is 7.65. The van der Waals surface area contributed by atoms with Crippen molar-refractivity contribution in [1.29, 1.82) is 0 Å². The van der Waals surface area contributed by atoms with Gasteiger partial charge in [-0.1, -0.05) is 17.7 Å². The van der Waals surface area contributed by atoms with Gasteiger partial charge in [0.2, 0.25) is 0 Å². The van der Waals surface area contributed by atoms with Crippen LogP contribution in [0.5, 0.6) is 0 Å². The van der Waals surface area contributed by atoms with Crippen LogP contribution in [-0.4, -0.2) is 19.6 Å². The van der Waals surface area contributed by atoms with Crippen molar-refractivity contribution in [2.24, 2.45) is 0 Å². The van der Waals surface area contributed by atoms with Crippen molar-refractivity contribution in [3.63, 3.8) is 0 Å². The summed E-state index contributed by atoms with van der Waals surface area (Å²) in [6.45, 7) is 0.722. The van der Waals surface area contributed by atoms with Gasteiger partial charge in [-0.3, -0.25) is 4.79 Å². The second-order valence-electron chi connectivity index (χ2n) is 3.20. The molecule has 0 aliphatic heterocycles. The highest BCUT2D eigenvalue weighted by Gasteiger charge is 2.06. The molecule has 0 aromatic heterocycles. The normalized spacial score (nSPS) is 10.2. The van der Waals surface area contributed by atoms with Crippen LogP contribution in [0.4, 0.5) is 4.39 Å². The van der Waals surface area contributed by atoms with E-state index >= 15 is 0 Å². The Morgan fingerprint density at radius 3 is 2.94 bits per heavy atom. The quantitative estimate of drug-likeness (QED) is 0.638. The lowest BCUT2D eigenvalue weighted by Gasteiger charge is -2.07. The number of carbonyl (C=O) groups is 1. The van der Waals surface area contributed by atoms with E-state index in [0.717, 1.165) is 0 Å². The van der Waals surface area contributed by atoms with Crippen molar-refractivity contribution in [3.05, 3.63) is 34.6 Å². The zero-order valence-corrected chi connectivity index (χ0v) is 9.68. The largest absolute Gasteiger partial charge is 0.469 e. The lowest BCUT2D eigenvalue weighted by molar-refractivity contribution is -0.140. The van der Waals surface area contributed by atoms with Crippen molar-refractivity contribution in [2.75, 3.05) is 13.7 Å². The molecule has 0 atom stereocenters. The summed E-state index contributed by atoms with van der Waals surface area (Å²) in [5, 5.41) is 3.30. The minimum Gasteiger partial charge on any atom is -0.469 e. The molecular weight excluding hydrogens is 233 g/mol. The van der Waals surface area contributed by atoms with Gasteiger partial charge in [0.15, 0.2) is 0 Å². The molecule has 88 valence electrons. The molecule has 0 aliphatic carbocycles. The summed E-state index contributed by atoms with van der Waals surface area (Å²) >= 11 is 5.83. The number of methoxy groups -OCH3 is 1. The number of benzene rings is 1. The van der Waals surface area contributed by atoms with Crippen molar-refractivity contribution >= 4 is 17.6 Å². The molecule has 1 aromatic carbocycles. The number of ether oxygens (including phenoxy) is 1. The number of esters is 1. The van der Waals surface area contributed by atoms with Crippen molar-refractivity contribution in [1.82, 2.24) is 5.32 Å². The standard InChI is InChI=1S/C11H13ClFNO2/c1-16-11(15)5-6-14-7-8-9(12)3-2-4-10(8)13/h2-4,14H,5-7H2,1H3. The van der Waals surface area contributed by atoms with Gasteiger partial charge in [-0.15, -0.1) is 0 Å². The first-order valence-corrected chi connectivity index (χ1v) is 5.23. The molecule has 0 amide bonds. The highest BCUT2D eigenvalue weighted by atomic mass is 35.5. The number of halogens is 2. The zero-order valence-electron chi connectivity index (χ0n) is 8.93. The Labute approximate surface area is 98.5 Å². The Kier molecular flexibility index (Phi) is 5.22. The molecule has 1 rings (SSSR count). The molecule has 0 radical (unpaired) electrons. The monoisotopic (exact) mass is 245 g/mol. The molecule has 0 spiro atoms. The molecule has 3 nitrogen and oxygen atoms in total. The number of rotatable bonds is 5. The van der Waals surface area contributed by atoms with Gasteiger partial charge in [-0.25, -0.2) is 4.39 Å². The van der Waals surface area contributed by atoms with Crippen LogP contribution in [0.2, 0.25) is 5.02 Å². The van der Waals surface area contributed by atoms with Gasteiger partial charge < -0.3 is 10.1 Å². The molecule has 5 heteroatoms. The summed E-state index contributed by atoms with van der Waals surface area (Å²) in [5.41, 5.74) is 0.411. The topological polar surface area (TPSA) is 38.3 Å². The Hall–Kier alpha value is -1.13. The number of hydrogen-bond donors (Lipinski definition) is 1. The van der Waals surface area contributed by atoms with Gasteiger partial charge in [-0.2, -0.15) is 0 Å². The predicted molar refractivity (Wildman–Crippen MR) is 59.7 cm³/mol. The van der Waals surface area contributed by atoms with E-state index < -0.39 is 0 Å². The van der Waals surface area contributed by atoms with Crippen molar-refractivity contribution in [2.45, 2.75) is 13.0 Å². The van der Waals surface area contributed by atoms with Crippen LogP contribution in [-0.2, 0) is 16.1 Å². The van der Waals surface area contributed by atoms with Crippen LogP contribution in [0.3, 0.4) is 0 Å². The Morgan fingerprint density at radius 1 is 1.56 bits per heavy atom. The summed E-state index contributed by atoms with van der Waals surface area (Å²) in [6.07, 6.45) is 0.253. The van der Waals surface area contributed by atoms with E-state index in [0.29, 0.717) is 23.7 Å². The van der Waals surface area contributed by atoms with Crippen molar-refractivity contribution < 1.29 is 13.9 Å². The molecule has 0 aliphatic rings. The lowest BCUT2D eigenvalue weighted by atomic mass is 10.2. The maximum atomic E-state index is 13.3. The van der Waals surface area contributed by atoms with Crippen LogP contribution in [0.15, 0.2) is 18.2 Å². The molecule has 1 aromatic rings. The van der Waals surface area contributed by atoms with E-state index in [2.05, 4.69) is 10.1 Å². The fraction of sp³-hybridized carbons (Fsp3) is 0.364. The predicted octanol–water partition coefficient (Wildman–Crippen LogP) is 2.13. The second-order valence-corrected chi connectivity index (χ2v) is 3.61. The molecule has 0 saturated carbocycles. The Balaban J connectivity index is 2.40. The summed E-state index contributed by atoms with van der Waals surface area (Å²) < 4.78 is 17.8. The Bertz CT molecular complexity index is 351. The maximum Gasteiger partial charge on any atom is 0.306 e. The maximum absolute atomic E-state index is 13.3. The second kappa shape index (κ2) is 6.45. The lowest BCUT2D eigenvalue weighted by Crippen LogP contribution is -2.19. The summed E-state index contributed by atoms with van der Waals surface area (Å²) in [5.74, 6) is -0.648. The summed E-state index contributed by atoms with van der Waals surface area (Å²) in [7, 11) is 1.33. The van der Waals surface area contributed by atoms with Gasteiger partial charge in [-0.05, 0) is 12.1 Å². The number of carbonyl (C=O) groups excluding carboxylic acids is 1. The SMILES string of the molecule is COC(=O)CCNCc1c(F)cccc1Cl. The minimum absolute atomic E-state index is 0.253. The number of nitrogens with one attached hydrogen (secondary N) is 1. The Morgan fingerprint density at radius 2 is 2.31 bits per heavy atom. The van der Waals surface area contributed by atoms with Gasteiger partial charge >= 0.3 is 5.97 Å². The van der Waals surface area contributed by atoms with Crippen LogP contribution in [0.1, 0.15) is 12.0 Å². The van der Waals surface area contributed by atoms with E-state index in [1.165, 1.54) is 13.2 Å². The summed E-state index contributed by atoms with van der Waals surface area (Å²) in [6, 6.07) is 4.53. The molecule has 16 heavy (non-hydrogen) atoms. The van der Waals surface area contributed by atoms with E-state index in [4.69, 9.17) is 11.6 Å². The first-order valence-electron chi connectivity index (χ1n) is 4.85. The molecule has 0 saturated heterocycles. The van der Waals surface area contributed by atoms with Gasteiger partial charge in [0, 0.05) is 23.7 Å². The van der Waals surface area contributed by atoms with Gasteiger partial charge in [0.25, 0.3) is 0 Å². The molecule has 1 N–H and O–H groups in total. The smallest absolute Gasteiger partial charge is 0.306 e. The fourth-order valence-corrected chi connectivity index (χ4v) is 1.44. The van der Waals surface area contributed by atoms with Gasteiger partial charge in [0.1, 0.15) is 5.82 Å². The minimum atomic E-state index is -0.349.